The highest BCUT2D eigenvalue weighted by molar-refractivity contribution is 5.76. The predicted octanol–water partition coefficient (Wildman–Crippen LogP) is 1.17. The summed E-state index contributed by atoms with van der Waals surface area (Å²) >= 11 is 0. The summed E-state index contributed by atoms with van der Waals surface area (Å²) in [4.78, 5) is 14.2. The van der Waals surface area contributed by atoms with Crippen LogP contribution in [0.3, 0.4) is 0 Å². The van der Waals surface area contributed by atoms with E-state index in [4.69, 9.17) is 9.47 Å². The molecule has 1 fully saturated rings. The normalized spacial score (nSPS) is 17.9. The number of carbonyl (C=O) groups excluding carboxylic acids is 1. The maximum atomic E-state index is 12.2. The highest BCUT2D eigenvalue weighted by atomic mass is 16.7. The van der Waals surface area contributed by atoms with Crippen molar-refractivity contribution in [2.24, 2.45) is 0 Å². The topological polar surface area (TPSA) is 50.8 Å². The Hall–Kier alpha value is -1.75. The van der Waals surface area contributed by atoms with Gasteiger partial charge in [0.15, 0.2) is 11.5 Å². The first-order valence-corrected chi connectivity index (χ1v) is 7.20. The second-order valence-electron chi connectivity index (χ2n) is 5.17. The second-order valence-corrected chi connectivity index (χ2v) is 5.17. The van der Waals surface area contributed by atoms with E-state index in [0.717, 1.165) is 56.1 Å². The van der Waals surface area contributed by atoms with E-state index >= 15 is 0 Å². The molecule has 20 heavy (non-hydrogen) atoms. The SMILES string of the molecule is O=C(CCc1ccc2c(c1)OCO2)N1CCCNCC1. The molecule has 0 aromatic heterocycles. The van der Waals surface area contributed by atoms with Crippen LogP contribution >= 0.6 is 0 Å². The number of aryl methyl sites for hydroxylation is 1. The molecule has 0 saturated carbocycles. The van der Waals surface area contributed by atoms with Gasteiger partial charge >= 0.3 is 0 Å². The standard InChI is InChI=1S/C15H20N2O3/c18-15(17-8-1-6-16-7-9-17)5-3-12-2-4-13-14(10-12)20-11-19-13/h2,4,10,16H,1,3,5-9,11H2. The van der Waals surface area contributed by atoms with Gasteiger partial charge in [0.1, 0.15) is 0 Å². The van der Waals surface area contributed by atoms with E-state index in [0.29, 0.717) is 13.2 Å². The van der Waals surface area contributed by atoms with Crippen LogP contribution in [0.1, 0.15) is 18.4 Å². The lowest BCUT2D eigenvalue weighted by atomic mass is 10.1. The van der Waals surface area contributed by atoms with Crippen molar-refractivity contribution in [3.05, 3.63) is 23.8 Å². The van der Waals surface area contributed by atoms with E-state index in [-0.39, 0.29) is 5.91 Å². The number of ether oxygens (including phenoxy) is 2. The lowest BCUT2D eigenvalue weighted by Gasteiger charge is -2.19. The number of nitrogens with zero attached hydrogens (tertiary/aromatic N) is 1. The Kier molecular flexibility index (Phi) is 4.06. The molecule has 1 N–H and O–H groups in total. The van der Waals surface area contributed by atoms with Crippen LogP contribution in [0.2, 0.25) is 0 Å². The number of amides is 1. The van der Waals surface area contributed by atoms with Crippen LogP contribution < -0.4 is 14.8 Å². The number of carbonyl (C=O) groups is 1. The highest BCUT2D eigenvalue weighted by Gasteiger charge is 2.16. The van der Waals surface area contributed by atoms with Crippen molar-refractivity contribution in [3.63, 3.8) is 0 Å². The van der Waals surface area contributed by atoms with Crippen molar-refractivity contribution >= 4 is 5.91 Å². The Morgan fingerprint density at radius 1 is 1.20 bits per heavy atom. The third-order valence-corrected chi connectivity index (χ3v) is 3.76. The first-order chi connectivity index (χ1) is 9.83. The maximum Gasteiger partial charge on any atom is 0.231 e. The molecule has 3 rings (SSSR count). The maximum absolute atomic E-state index is 12.2. The molecule has 1 amide bonds. The molecule has 1 aromatic rings. The quantitative estimate of drug-likeness (QED) is 0.900. The molecule has 108 valence electrons. The number of hydrogen-bond donors (Lipinski definition) is 1. The van der Waals surface area contributed by atoms with Crippen LogP contribution in [-0.2, 0) is 11.2 Å². The Labute approximate surface area is 118 Å². The zero-order chi connectivity index (χ0) is 13.8. The Morgan fingerprint density at radius 3 is 3.05 bits per heavy atom. The summed E-state index contributed by atoms with van der Waals surface area (Å²) in [6, 6.07) is 5.89. The third kappa shape index (κ3) is 3.04. The van der Waals surface area contributed by atoms with Gasteiger partial charge in [-0.1, -0.05) is 6.07 Å². The van der Waals surface area contributed by atoms with Crippen LogP contribution in [0.25, 0.3) is 0 Å². The van der Waals surface area contributed by atoms with Gasteiger partial charge in [-0.3, -0.25) is 4.79 Å². The van der Waals surface area contributed by atoms with E-state index in [9.17, 15) is 4.79 Å². The largest absolute Gasteiger partial charge is 0.454 e. The molecule has 0 radical (unpaired) electrons. The number of benzene rings is 1. The second kappa shape index (κ2) is 6.13. The minimum Gasteiger partial charge on any atom is -0.454 e. The molecular weight excluding hydrogens is 256 g/mol. The zero-order valence-electron chi connectivity index (χ0n) is 11.6. The molecule has 0 unspecified atom stereocenters. The fourth-order valence-corrected chi connectivity index (χ4v) is 2.60. The van der Waals surface area contributed by atoms with Crippen LogP contribution in [0.5, 0.6) is 11.5 Å². The van der Waals surface area contributed by atoms with Gasteiger partial charge in [0, 0.05) is 26.1 Å². The van der Waals surface area contributed by atoms with Gasteiger partial charge in [0.2, 0.25) is 12.7 Å². The minimum absolute atomic E-state index is 0.242. The van der Waals surface area contributed by atoms with Gasteiger partial charge in [0.05, 0.1) is 0 Å². The van der Waals surface area contributed by atoms with Crippen molar-refractivity contribution in [2.45, 2.75) is 19.3 Å². The van der Waals surface area contributed by atoms with Crippen molar-refractivity contribution in [1.29, 1.82) is 0 Å². The van der Waals surface area contributed by atoms with Crippen molar-refractivity contribution in [3.8, 4) is 11.5 Å². The summed E-state index contributed by atoms with van der Waals surface area (Å²) < 4.78 is 10.6. The molecule has 5 heteroatoms. The average molecular weight is 276 g/mol. The smallest absolute Gasteiger partial charge is 0.231 e. The fourth-order valence-electron chi connectivity index (χ4n) is 2.60. The Bertz CT molecular complexity index is 482. The van der Waals surface area contributed by atoms with Gasteiger partial charge in [-0.25, -0.2) is 0 Å². The third-order valence-electron chi connectivity index (χ3n) is 3.76. The number of hydrogen-bond acceptors (Lipinski definition) is 4. The van der Waals surface area contributed by atoms with Gasteiger partial charge < -0.3 is 19.7 Å². The zero-order valence-corrected chi connectivity index (χ0v) is 11.6. The molecule has 1 saturated heterocycles. The summed E-state index contributed by atoms with van der Waals surface area (Å²) in [5.41, 5.74) is 1.12. The molecular formula is C15H20N2O3. The van der Waals surface area contributed by atoms with Gasteiger partial charge in [-0.05, 0) is 37.1 Å². The Morgan fingerprint density at radius 2 is 2.10 bits per heavy atom. The van der Waals surface area contributed by atoms with Crippen LogP contribution in [0.15, 0.2) is 18.2 Å². The van der Waals surface area contributed by atoms with Crippen LogP contribution in [-0.4, -0.2) is 43.8 Å². The summed E-state index contributed by atoms with van der Waals surface area (Å²) in [7, 11) is 0. The molecule has 2 aliphatic rings. The van der Waals surface area contributed by atoms with Crippen LogP contribution in [0.4, 0.5) is 0 Å². The van der Waals surface area contributed by atoms with Crippen molar-refractivity contribution < 1.29 is 14.3 Å². The molecule has 5 nitrogen and oxygen atoms in total. The number of fused-ring (bicyclic) bond motifs is 1. The minimum atomic E-state index is 0.242. The summed E-state index contributed by atoms with van der Waals surface area (Å²) in [6.45, 7) is 3.88. The molecule has 0 bridgehead atoms. The van der Waals surface area contributed by atoms with Gasteiger partial charge in [-0.15, -0.1) is 0 Å². The lowest BCUT2D eigenvalue weighted by Crippen LogP contribution is -2.34. The molecule has 2 aliphatic heterocycles. The summed E-state index contributed by atoms with van der Waals surface area (Å²) in [5.74, 6) is 1.82. The predicted molar refractivity (Wildman–Crippen MR) is 75.0 cm³/mol. The van der Waals surface area contributed by atoms with Gasteiger partial charge in [-0.2, -0.15) is 0 Å². The molecule has 0 atom stereocenters. The van der Waals surface area contributed by atoms with E-state index < -0.39 is 0 Å². The first kappa shape index (κ1) is 13.2. The number of rotatable bonds is 3. The molecule has 1 aromatic carbocycles. The highest BCUT2D eigenvalue weighted by Crippen LogP contribution is 2.32. The van der Waals surface area contributed by atoms with E-state index in [1.807, 2.05) is 23.1 Å². The summed E-state index contributed by atoms with van der Waals surface area (Å²) in [5, 5.41) is 3.31. The fraction of sp³-hybridized carbons (Fsp3) is 0.533. The van der Waals surface area contributed by atoms with Crippen molar-refractivity contribution in [1.82, 2.24) is 10.2 Å². The van der Waals surface area contributed by atoms with Crippen molar-refractivity contribution in [2.75, 3.05) is 33.0 Å². The van der Waals surface area contributed by atoms with E-state index in [1.165, 1.54) is 0 Å². The lowest BCUT2D eigenvalue weighted by molar-refractivity contribution is -0.130. The monoisotopic (exact) mass is 276 g/mol. The van der Waals surface area contributed by atoms with E-state index in [1.54, 1.807) is 0 Å². The first-order valence-electron chi connectivity index (χ1n) is 7.20. The van der Waals surface area contributed by atoms with Gasteiger partial charge in [0.25, 0.3) is 0 Å². The Balaban J connectivity index is 1.54. The molecule has 0 spiro atoms. The number of nitrogens with one attached hydrogen (secondary N) is 1. The molecule has 2 heterocycles. The summed E-state index contributed by atoms with van der Waals surface area (Å²) in [6.07, 6.45) is 2.34. The van der Waals surface area contributed by atoms with E-state index in [2.05, 4.69) is 5.32 Å². The van der Waals surface area contributed by atoms with Crippen LogP contribution in [0, 0.1) is 0 Å². The molecule has 0 aliphatic carbocycles. The average Bonchev–Trinajstić information content (AvgIpc) is 2.76.